The van der Waals surface area contributed by atoms with Crippen LogP contribution in [0.4, 0.5) is 10.6 Å². The fourth-order valence-corrected chi connectivity index (χ4v) is 4.76. The maximum absolute atomic E-state index is 12.5. The van der Waals surface area contributed by atoms with Gasteiger partial charge in [-0.1, -0.05) is 26.7 Å². The number of imidazole rings is 1. The Bertz CT molecular complexity index is 1320. The van der Waals surface area contributed by atoms with E-state index in [2.05, 4.69) is 32.1 Å². The smallest absolute Gasteiger partial charge is 0.409 e. The van der Waals surface area contributed by atoms with Crippen molar-refractivity contribution in [3.8, 4) is 11.8 Å². The van der Waals surface area contributed by atoms with Crippen molar-refractivity contribution in [2.24, 2.45) is 11.3 Å². The number of nitrogens with zero attached hydrogens (tertiary/aromatic N) is 5. The zero-order chi connectivity index (χ0) is 28.6. The van der Waals surface area contributed by atoms with Crippen molar-refractivity contribution in [1.29, 1.82) is 0 Å². The number of carbonyl (C=O) groups excluding carboxylic acids is 2. The largest absolute Gasteiger partial charge is 0.449 e. The number of anilines is 1. The monoisotopic (exact) mass is 555 g/mol. The zero-order valence-corrected chi connectivity index (χ0v) is 23.0. The highest BCUT2D eigenvalue weighted by Gasteiger charge is 2.48. The summed E-state index contributed by atoms with van der Waals surface area (Å²) in [5.74, 6) is 6.26. The number of hydrogen-bond donors (Lipinski definition) is 4. The normalized spacial score (nSPS) is 25.5. The van der Waals surface area contributed by atoms with Gasteiger partial charge in [0.05, 0.1) is 12.9 Å². The number of likely N-dealkylation sites (tertiary alicyclic amines) is 1. The van der Waals surface area contributed by atoms with Gasteiger partial charge in [0.25, 0.3) is 5.91 Å². The number of aliphatic hydroxyl groups is 2. The molecule has 2 unspecified atom stereocenters. The van der Waals surface area contributed by atoms with Crippen LogP contribution in [0.3, 0.4) is 0 Å². The van der Waals surface area contributed by atoms with Gasteiger partial charge in [0.1, 0.15) is 17.7 Å². The number of amides is 2. The molecule has 13 nitrogen and oxygen atoms in total. The molecular formula is C27H37N7O6. The number of hydrogen-bond acceptors (Lipinski definition) is 10. The summed E-state index contributed by atoms with van der Waals surface area (Å²) in [5.41, 5.74) is 6.62. The number of nitrogens with two attached hydrogens (primary N) is 1. The van der Waals surface area contributed by atoms with E-state index in [1.165, 1.54) is 10.9 Å². The molecule has 40 heavy (non-hydrogen) atoms. The molecule has 2 aromatic heterocycles. The number of nitrogen functional groups attached to an aromatic ring is 1. The van der Waals surface area contributed by atoms with E-state index in [9.17, 15) is 19.8 Å². The SMILES string of the molecule is CC(C)(C)COC(=O)N1CCC(CC#Cc2nc(N)c3ncn([C@@H]4O[C@H](C(=O)NC5CC5)C(O)C4O)c3n2)CC1. The molecule has 5 rings (SSSR count). The number of carbonyl (C=O) groups is 2. The Balaban J connectivity index is 1.22. The minimum absolute atomic E-state index is 0.0740. The Morgan fingerprint density at radius 3 is 2.58 bits per heavy atom. The third-order valence-electron chi connectivity index (χ3n) is 7.24. The molecule has 0 aromatic carbocycles. The van der Waals surface area contributed by atoms with Crippen LogP contribution in [0, 0.1) is 23.2 Å². The highest BCUT2D eigenvalue weighted by Crippen LogP contribution is 2.33. The first-order valence-corrected chi connectivity index (χ1v) is 13.7. The lowest BCUT2D eigenvalue weighted by Gasteiger charge is -2.31. The molecule has 13 heteroatoms. The van der Waals surface area contributed by atoms with Crippen LogP contribution in [0.1, 0.15) is 64.9 Å². The molecule has 1 aliphatic carbocycles. The van der Waals surface area contributed by atoms with Crippen molar-refractivity contribution in [2.45, 2.75) is 83.5 Å². The number of ether oxygens (including phenoxy) is 2. The van der Waals surface area contributed by atoms with E-state index in [0.29, 0.717) is 37.6 Å². The summed E-state index contributed by atoms with van der Waals surface area (Å²) in [4.78, 5) is 39.5. The van der Waals surface area contributed by atoms with Crippen LogP contribution in [0.2, 0.25) is 0 Å². The topological polar surface area (TPSA) is 178 Å². The Hall–Kier alpha value is -3.47. The van der Waals surface area contributed by atoms with Gasteiger partial charge in [-0.15, -0.1) is 0 Å². The molecule has 3 fully saturated rings. The molecule has 1 saturated carbocycles. The van der Waals surface area contributed by atoms with E-state index in [4.69, 9.17) is 15.2 Å². The molecule has 0 bridgehead atoms. The summed E-state index contributed by atoms with van der Waals surface area (Å²) < 4.78 is 12.6. The first-order valence-electron chi connectivity index (χ1n) is 13.7. The maximum atomic E-state index is 12.5. The minimum atomic E-state index is -1.41. The third-order valence-corrected chi connectivity index (χ3v) is 7.24. The molecule has 0 spiro atoms. The predicted molar refractivity (Wildman–Crippen MR) is 143 cm³/mol. The standard InChI is InChI=1S/C27H37N7O6/c1-27(2,3)13-39-26(38)33-11-9-15(10-12-33)5-4-6-17-31-22(28)18-23(32-17)34(14-29-18)25-20(36)19(35)21(40-25)24(37)30-16-7-8-16/h14-16,19-21,25,35-36H,5,7-13H2,1-3H3,(H,30,37)(H2,28,31,32)/t19?,20?,21-,25+/m0/s1. The van der Waals surface area contributed by atoms with Crippen molar-refractivity contribution < 1.29 is 29.3 Å². The van der Waals surface area contributed by atoms with Gasteiger partial charge in [-0.3, -0.25) is 9.36 Å². The maximum Gasteiger partial charge on any atom is 0.409 e. The van der Waals surface area contributed by atoms with Crippen LogP contribution in [0.15, 0.2) is 6.33 Å². The van der Waals surface area contributed by atoms with E-state index in [-0.39, 0.29) is 34.8 Å². The Labute approximate surface area is 232 Å². The zero-order valence-electron chi connectivity index (χ0n) is 23.0. The van der Waals surface area contributed by atoms with Crippen LogP contribution in [0.25, 0.3) is 11.2 Å². The number of rotatable bonds is 5. The van der Waals surface area contributed by atoms with Gasteiger partial charge in [0.2, 0.25) is 5.82 Å². The lowest BCUT2D eigenvalue weighted by Crippen LogP contribution is -2.43. The average molecular weight is 556 g/mol. The lowest BCUT2D eigenvalue weighted by molar-refractivity contribution is -0.137. The van der Waals surface area contributed by atoms with Crippen molar-refractivity contribution in [3.63, 3.8) is 0 Å². The second-order valence-electron chi connectivity index (χ2n) is 12.0. The molecule has 4 heterocycles. The van der Waals surface area contributed by atoms with E-state index in [1.54, 1.807) is 4.90 Å². The summed E-state index contributed by atoms with van der Waals surface area (Å²) in [5, 5.41) is 23.9. The van der Waals surface area contributed by atoms with Crippen molar-refractivity contribution >= 4 is 29.0 Å². The molecule has 2 aromatic rings. The Morgan fingerprint density at radius 1 is 1.18 bits per heavy atom. The predicted octanol–water partition coefficient (Wildman–Crippen LogP) is 0.943. The highest BCUT2D eigenvalue weighted by atomic mass is 16.6. The summed E-state index contributed by atoms with van der Waals surface area (Å²) in [6, 6.07) is 0.0877. The summed E-state index contributed by atoms with van der Waals surface area (Å²) in [7, 11) is 0. The summed E-state index contributed by atoms with van der Waals surface area (Å²) in [6.45, 7) is 7.70. The second-order valence-corrected chi connectivity index (χ2v) is 12.0. The van der Waals surface area contributed by atoms with Crippen LogP contribution in [0.5, 0.6) is 0 Å². The van der Waals surface area contributed by atoms with Gasteiger partial charge in [0, 0.05) is 25.6 Å². The molecule has 4 atom stereocenters. The number of nitrogens with one attached hydrogen (secondary N) is 1. The van der Waals surface area contributed by atoms with Crippen LogP contribution < -0.4 is 11.1 Å². The molecule has 5 N–H and O–H groups in total. The van der Waals surface area contributed by atoms with Gasteiger partial charge in [-0.25, -0.2) is 19.7 Å². The average Bonchev–Trinajstić information content (AvgIpc) is 3.54. The third kappa shape index (κ3) is 6.29. The molecule has 216 valence electrons. The van der Waals surface area contributed by atoms with Gasteiger partial charge >= 0.3 is 6.09 Å². The fourth-order valence-electron chi connectivity index (χ4n) is 4.76. The van der Waals surface area contributed by atoms with Gasteiger partial charge < -0.3 is 35.6 Å². The van der Waals surface area contributed by atoms with Crippen molar-refractivity contribution in [3.05, 3.63) is 12.2 Å². The number of piperidine rings is 1. The number of fused-ring (bicyclic) bond motifs is 1. The molecule has 3 aliphatic rings. The van der Waals surface area contributed by atoms with Crippen molar-refractivity contribution in [2.75, 3.05) is 25.4 Å². The molecular weight excluding hydrogens is 518 g/mol. The van der Waals surface area contributed by atoms with Crippen LogP contribution in [-0.4, -0.2) is 90.7 Å². The van der Waals surface area contributed by atoms with Crippen LogP contribution >= 0.6 is 0 Å². The first-order chi connectivity index (χ1) is 19.0. The highest BCUT2D eigenvalue weighted by molar-refractivity contribution is 5.83. The fraction of sp³-hybridized carbons (Fsp3) is 0.667. The van der Waals surface area contributed by atoms with Gasteiger partial charge in [-0.05, 0) is 42.9 Å². The summed E-state index contributed by atoms with van der Waals surface area (Å²) in [6.07, 6.45) is 0.0401. The molecule has 2 aliphatic heterocycles. The number of aromatic nitrogens is 4. The van der Waals surface area contributed by atoms with E-state index < -0.39 is 30.4 Å². The van der Waals surface area contributed by atoms with E-state index in [0.717, 1.165) is 25.7 Å². The quantitative estimate of drug-likeness (QED) is 0.388. The lowest BCUT2D eigenvalue weighted by atomic mass is 9.94. The van der Waals surface area contributed by atoms with E-state index >= 15 is 0 Å². The Morgan fingerprint density at radius 2 is 1.90 bits per heavy atom. The van der Waals surface area contributed by atoms with Crippen molar-refractivity contribution in [1.82, 2.24) is 29.7 Å². The second kappa shape index (κ2) is 11.2. The van der Waals surface area contributed by atoms with E-state index in [1.807, 2.05) is 20.8 Å². The number of aliphatic hydroxyl groups excluding tert-OH is 2. The summed E-state index contributed by atoms with van der Waals surface area (Å²) >= 11 is 0. The van der Waals surface area contributed by atoms with Crippen LogP contribution in [-0.2, 0) is 14.3 Å². The van der Waals surface area contributed by atoms with Gasteiger partial charge in [-0.2, -0.15) is 0 Å². The van der Waals surface area contributed by atoms with Gasteiger partial charge in [0.15, 0.2) is 23.8 Å². The molecule has 2 saturated heterocycles. The molecule has 2 amide bonds. The first kappa shape index (κ1) is 28.1. The molecule has 0 radical (unpaired) electrons. The minimum Gasteiger partial charge on any atom is -0.449 e. The Kier molecular flexibility index (Phi) is 7.85.